The van der Waals surface area contributed by atoms with Crippen LogP contribution in [0.4, 0.5) is 0 Å². The first-order valence-corrected chi connectivity index (χ1v) is 23.5. The number of para-hydroxylation sites is 1. The van der Waals surface area contributed by atoms with Crippen LogP contribution in [0.3, 0.4) is 0 Å². The molecule has 0 N–H and O–H groups in total. The summed E-state index contributed by atoms with van der Waals surface area (Å²) in [5.41, 5.74) is 1.58. The lowest BCUT2D eigenvalue weighted by Crippen LogP contribution is -2.35. The summed E-state index contributed by atoms with van der Waals surface area (Å²) in [6.07, 6.45) is 15.2. The normalized spacial score (nSPS) is 12.0. The van der Waals surface area contributed by atoms with Crippen molar-refractivity contribution in [2.75, 3.05) is 0 Å². The van der Waals surface area contributed by atoms with Gasteiger partial charge in [0, 0.05) is 10.8 Å². The average Bonchev–Trinajstić information content (AvgIpc) is 2.98. The standard InChI is InChI=1S/C38H58O4Si2/c1-8-10-12-14-16-21-28-43(4,5)41-35-30-34(38(39)40-32-25-19-18-20-26-32)37(33-27-23-24-31(3)36(33)35)42-44(6,7)29-22-17-15-13-11-9-2/h18-20,23-27,30H,8-17,21-22,28-29H2,1-7H3. The minimum absolute atomic E-state index is 0.404. The SMILES string of the molecule is CCCCCCCC[Si](C)(C)Oc1c(C(=O)Oc2ccccc2)cc(O[Si](C)(C)CCCCCCCC)c2c(C)cccc12. The minimum atomic E-state index is -2.15. The molecule has 44 heavy (non-hydrogen) atoms. The second-order valence-corrected chi connectivity index (χ2v) is 22.2. The van der Waals surface area contributed by atoms with Gasteiger partial charge in [-0.3, -0.25) is 0 Å². The number of fused-ring (bicyclic) bond motifs is 1. The van der Waals surface area contributed by atoms with Crippen molar-refractivity contribution in [1.29, 1.82) is 0 Å². The Balaban J connectivity index is 1.96. The molecule has 0 amide bonds. The Kier molecular flexibility index (Phi) is 14.5. The summed E-state index contributed by atoms with van der Waals surface area (Å²) in [5.74, 6) is 1.55. The Labute approximate surface area is 270 Å². The molecule has 6 heteroatoms. The molecule has 0 unspecified atom stereocenters. The van der Waals surface area contributed by atoms with Gasteiger partial charge in [-0.2, -0.15) is 0 Å². The second-order valence-electron chi connectivity index (χ2n) is 13.7. The third-order valence-electron chi connectivity index (χ3n) is 8.49. The molecule has 0 spiro atoms. The fraction of sp³-hybridized carbons (Fsp3) is 0.553. The number of hydrogen-bond donors (Lipinski definition) is 0. The van der Waals surface area contributed by atoms with E-state index in [0.717, 1.165) is 40.6 Å². The van der Waals surface area contributed by atoms with Crippen LogP contribution >= 0.6 is 0 Å². The lowest BCUT2D eigenvalue weighted by molar-refractivity contribution is 0.0732. The maximum Gasteiger partial charge on any atom is 0.347 e. The quantitative estimate of drug-likeness (QED) is 0.0537. The summed E-state index contributed by atoms with van der Waals surface area (Å²) in [4.78, 5) is 13.9. The largest absolute Gasteiger partial charge is 0.544 e. The smallest absolute Gasteiger partial charge is 0.347 e. The first-order valence-electron chi connectivity index (χ1n) is 17.3. The maximum atomic E-state index is 13.9. The van der Waals surface area contributed by atoms with Crippen molar-refractivity contribution in [3.8, 4) is 17.2 Å². The van der Waals surface area contributed by atoms with Gasteiger partial charge in [0.2, 0.25) is 16.6 Å². The summed E-state index contributed by atoms with van der Waals surface area (Å²) in [6, 6.07) is 19.6. The van der Waals surface area contributed by atoms with E-state index in [1.807, 2.05) is 36.4 Å². The fourth-order valence-electron chi connectivity index (χ4n) is 5.93. The van der Waals surface area contributed by atoms with Gasteiger partial charge in [-0.1, -0.05) is 127 Å². The maximum absolute atomic E-state index is 13.9. The highest BCUT2D eigenvalue weighted by atomic mass is 28.4. The Morgan fingerprint density at radius 3 is 1.80 bits per heavy atom. The number of rotatable bonds is 20. The van der Waals surface area contributed by atoms with Crippen molar-refractivity contribution >= 4 is 33.4 Å². The number of carbonyl (C=O) groups is 1. The van der Waals surface area contributed by atoms with Crippen molar-refractivity contribution in [3.05, 3.63) is 65.7 Å². The molecule has 0 bridgehead atoms. The summed E-state index contributed by atoms with van der Waals surface area (Å²) < 4.78 is 19.8. The molecule has 0 saturated heterocycles. The predicted molar refractivity (Wildman–Crippen MR) is 193 cm³/mol. The van der Waals surface area contributed by atoms with Crippen molar-refractivity contribution in [2.24, 2.45) is 0 Å². The average molecular weight is 635 g/mol. The minimum Gasteiger partial charge on any atom is -0.544 e. The molecule has 0 aromatic heterocycles. The number of esters is 1. The van der Waals surface area contributed by atoms with Gasteiger partial charge in [0.05, 0.1) is 0 Å². The molecule has 0 atom stereocenters. The highest BCUT2D eigenvalue weighted by Crippen LogP contribution is 2.42. The van der Waals surface area contributed by atoms with Crippen LogP contribution in [0.5, 0.6) is 17.2 Å². The van der Waals surface area contributed by atoms with Gasteiger partial charge in [-0.15, -0.1) is 0 Å². The highest BCUT2D eigenvalue weighted by molar-refractivity contribution is 6.72. The molecule has 242 valence electrons. The van der Waals surface area contributed by atoms with Crippen LogP contribution in [0.15, 0.2) is 54.6 Å². The monoisotopic (exact) mass is 634 g/mol. The van der Waals surface area contributed by atoms with Crippen LogP contribution < -0.4 is 13.6 Å². The molecular formula is C38H58O4Si2. The molecule has 4 nitrogen and oxygen atoms in total. The van der Waals surface area contributed by atoms with E-state index >= 15 is 0 Å². The second kappa shape index (κ2) is 17.8. The topological polar surface area (TPSA) is 44.8 Å². The first kappa shape index (κ1) is 35.9. The van der Waals surface area contributed by atoms with Gasteiger partial charge in [0.25, 0.3) is 0 Å². The van der Waals surface area contributed by atoms with E-state index in [9.17, 15) is 4.79 Å². The van der Waals surface area contributed by atoms with E-state index in [1.54, 1.807) is 0 Å². The van der Waals surface area contributed by atoms with Crippen molar-refractivity contribution in [2.45, 2.75) is 136 Å². The number of benzene rings is 3. The number of aryl methyl sites for hydroxylation is 1. The van der Waals surface area contributed by atoms with E-state index in [4.69, 9.17) is 13.6 Å². The molecule has 3 rings (SSSR count). The van der Waals surface area contributed by atoms with Gasteiger partial charge < -0.3 is 13.6 Å². The summed E-state index contributed by atoms with van der Waals surface area (Å²) >= 11 is 0. The van der Waals surface area contributed by atoms with E-state index < -0.39 is 22.6 Å². The van der Waals surface area contributed by atoms with Crippen molar-refractivity contribution in [1.82, 2.24) is 0 Å². The fourth-order valence-corrected chi connectivity index (χ4v) is 9.86. The third kappa shape index (κ3) is 11.4. The van der Waals surface area contributed by atoms with E-state index in [2.05, 4.69) is 65.2 Å². The lowest BCUT2D eigenvalue weighted by Gasteiger charge is -2.30. The molecule has 0 radical (unpaired) electrons. The summed E-state index contributed by atoms with van der Waals surface area (Å²) in [7, 11) is -4.22. The van der Waals surface area contributed by atoms with Gasteiger partial charge in [0.15, 0.2) is 0 Å². The number of hydrogen-bond acceptors (Lipinski definition) is 4. The van der Waals surface area contributed by atoms with Gasteiger partial charge in [-0.25, -0.2) is 4.79 Å². The number of carbonyl (C=O) groups excluding carboxylic acids is 1. The first-order chi connectivity index (χ1) is 21.1. The highest BCUT2D eigenvalue weighted by Gasteiger charge is 2.31. The Morgan fingerprint density at radius 1 is 0.659 bits per heavy atom. The molecule has 3 aromatic rings. The van der Waals surface area contributed by atoms with Crippen LogP contribution in [-0.2, 0) is 0 Å². The molecule has 0 aliphatic rings. The van der Waals surface area contributed by atoms with Gasteiger partial charge in [0.1, 0.15) is 22.8 Å². The molecule has 0 fully saturated rings. The Bertz CT molecular complexity index is 1300. The molecular weight excluding hydrogens is 577 g/mol. The number of unbranched alkanes of at least 4 members (excludes halogenated alkanes) is 10. The lowest BCUT2D eigenvalue weighted by atomic mass is 10.0. The Hall–Kier alpha value is -2.58. The number of ether oxygens (including phenoxy) is 1. The van der Waals surface area contributed by atoms with E-state index in [0.29, 0.717) is 17.1 Å². The molecule has 0 heterocycles. The zero-order valence-electron chi connectivity index (χ0n) is 28.7. The van der Waals surface area contributed by atoms with Crippen LogP contribution in [0.2, 0.25) is 38.3 Å². The van der Waals surface area contributed by atoms with Crippen LogP contribution in [-0.4, -0.2) is 22.6 Å². The zero-order chi connectivity index (χ0) is 32.0. The van der Waals surface area contributed by atoms with Gasteiger partial charge >= 0.3 is 5.97 Å². The predicted octanol–water partition coefficient (Wildman–Crippen LogP) is 12.3. The summed E-state index contributed by atoms with van der Waals surface area (Å²) in [5, 5.41) is 1.99. The van der Waals surface area contributed by atoms with Crippen LogP contribution in [0.25, 0.3) is 10.8 Å². The molecule has 0 aliphatic carbocycles. The van der Waals surface area contributed by atoms with E-state index in [1.165, 1.54) is 70.6 Å². The van der Waals surface area contributed by atoms with E-state index in [-0.39, 0.29) is 0 Å². The van der Waals surface area contributed by atoms with Crippen molar-refractivity contribution in [3.63, 3.8) is 0 Å². The summed E-state index contributed by atoms with van der Waals surface area (Å²) in [6.45, 7) is 15.8. The molecule has 0 aliphatic heterocycles. The Morgan fingerprint density at radius 2 is 1.20 bits per heavy atom. The zero-order valence-corrected chi connectivity index (χ0v) is 30.7. The third-order valence-corrected chi connectivity index (χ3v) is 13.1. The van der Waals surface area contributed by atoms with Crippen molar-refractivity contribution < 1.29 is 18.4 Å². The van der Waals surface area contributed by atoms with Crippen LogP contribution in [0, 0.1) is 6.92 Å². The molecule has 0 saturated carbocycles. The van der Waals surface area contributed by atoms with Crippen LogP contribution in [0.1, 0.15) is 107 Å². The molecule has 3 aromatic carbocycles. The van der Waals surface area contributed by atoms with Gasteiger partial charge in [-0.05, 0) is 69.0 Å².